The number of carbonyl (C=O) groups is 1. The van der Waals surface area contributed by atoms with Crippen molar-refractivity contribution in [3.63, 3.8) is 0 Å². The molecule has 0 bridgehead atoms. The van der Waals surface area contributed by atoms with Gasteiger partial charge in [0.05, 0.1) is 23.1 Å². The van der Waals surface area contributed by atoms with E-state index < -0.39 is 5.60 Å². The second kappa shape index (κ2) is 11.5. The minimum Gasteiger partial charge on any atom is -0.472 e. The molecule has 0 saturated heterocycles. The number of furan rings is 1. The summed E-state index contributed by atoms with van der Waals surface area (Å²) in [6, 6.07) is 5.95. The number of nitrogens with zero attached hydrogens (tertiary/aromatic N) is 1. The monoisotopic (exact) mass is 481 g/mol. The van der Waals surface area contributed by atoms with E-state index in [0.717, 1.165) is 39.4 Å². The number of aromatic nitrogens is 1. The molecule has 1 aromatic carbocycles. The first-order chi connectivity index (χ1) is 16.2. The van der Waals surface area contributed by atoms with Crippen LogP contribution in [-0.2, 0) is 0 Å². The van der Waals surface area contributed by atoms with Crippen LogP contribution in [-0.4, -0.2) is 28.1 Å². The average Bonchev–Trinajstić information content (AvgIpc) is 3.47. The molecule has 0 radical (unpaired) electrons. The zero-order valence-electron chi connectivity index (χ0n) is 20.6. The van der Waals surface area contributed by atoms with Gasteiger partial charge in [0.15, 0.2) is 0 Å². The molecule has 0 aliphatic rings. The molecule has 7 heteroatoms. The molecule has 0 aliphatic carbocycles. The predicted octanol–water partition coefficient (Wildman–Crippen LogP) is 4.85. The fraction of sp³-hybridized carbons (Fsp3) is 0.407. The lowest BCUT2D eigenvalue weighted by Gasteiger charge is -2.16. The van der Waals surface area contributed by atoms with Crippen molar-refractivity contribution in [3.05, 3.63) is 57.2 Å². The number of carbonyl (C=O) groups excluding carboxylic acids is 1. The maximum absolute atomic E-state index is 13.1. The molecule has 3 aromatic rings. The van der Waals surface area contributed by atoms with E-state index in [2.05, 4.69) is 48.5 Å². The van der Waals surface area contributed by atoms with Crippen LogP contribution in [0.15, 0.2) is 40.5 Å². The first-order valence-corrected chi connectivity index (χ1v) is 12.7. The number of anilines is 1. The Morgan fingerprint density at radius 3 is 2.71 bits per heavy atom. The van der Waals surface area contributed by atoms with Crippen LogP contribution in [0.3, 0.4) is 0 Å². The second-order valence-corrected chi connectivity index (χ2v) is 10.3. The maximum atomic E-state index is 13.1. The molecule has 3 rings (SSSR count). The lowest BCUT2D eigenvalue weighted by molar-refractivity contribution is 0.0724. The molecule has 6 nitrogen and oxygen atoms in total. The summed E-state index contributed by atoms with van der Waals surface area (Å²) in [4.78, 5) is 17.6. The third-order valence-corrected chi connectivity index (χ3v) is 6.49. The van der Waals surface area contributed by atoms with Crippen molar-refractivity contribution in [2.75, 3.05) is 11.9 Å². The molecule has 0 aliphatic heterocycles. The van der Waals surface area contributed by atoms with Gasteiger partial charge in [0, 0.05) is 40.9 Å². The molecule has 2 heterocycles. The number of amides is 1. The quantitative estimate of drug-likeness (QED) is 0.361. The van der Waals surface area contributed by atoms with E-state index in [1.165, 1.54) is 11.3 Å². The number of thiazole rings is 1. The van der Waals surface area contributed by atoms with Gasteiger partial charge < -0.3 is 20.2 Å². The van der Waals surface area contributed by atoms with Gasteiger partial charge in [0.2, 0.25) is 0 Å². The Bertz CT molecular complexity index is 1200. The van der Waals surface area contributed by atoms with E-state index in [4.69, 9.17) is 4.42 Å². The number of rotatable bonds is 10. The van der Waals surface area contributed by atoms with Crippen LogP contribution in [0.5, 0.6) is 0 Å². The molecule has 0 fully saturated rings. The SMILES string of the molecule is CCC/C=c1\cc(-c2ccoc2)c(NC(=O)c2csc(C(C)C)n2)c\c1=C\NCCC(C)(C)O. The van der Waals surface area contributed by atoms with Crippen LogP contribution in [0.2, 0.25) is 0 Å². The molecular weight excluding hydrogens is 446 g/mol. The fourth-order valence-electron chi connectivity index (χ4n) is 3.40. The highest BCUT2D eigenvalue weighted by Crippen LogP contribution is 2.27. The van der Waals surface area contributed by atoms with E-state index in [1.807, 2.05) is 18.3 Å². The number of hydrogen-bond donors (Lipinski definition) is 3. The maximum Gasteiger partial charge on any atom is 0.275 e. The molecule has 182 valence electrons. The van der Waals surface area contributed by atoms with Gasteiger partial charge >= 0.3 is 0 Å². The predicted molar refractivity (Wildman–Crippen MR) is 140 cm³/mol. The Labute approximate surface area is 205 Å². The van der Waals surface area contributed by atoms with E-state index in [1.54, 1.807) is 31.8 Å². The molecule has 0 atom stereocenters. The number of aliphatic hydroxyl groups is 1. The van der Waals surface area contributed by atoms with Crippen LogP contribution in [0, 0.1) is 0 Å². The van der Waals surface area contributed by atoms with Crippen molar-refractivity contribution in [1.82, 2.24) is 10.3 Å². The lowest BCUT2D eigenvalue weighted by Crippen LogP contribution is -2.31. The van der Waals surface area contributed by atoms with Crippen molar-refractivity contribution in [1.29, 1.82) is 0 Å². The molecule has 34 heavy (non-hydrogen) atoms. The highest BCUT2D eigenvalue weighted by molar-refractivity contribution is 7.09. The Balaban J connectivity index is 2.02. The molecular formula is C27H35N3O3S. The van der Waals surface area contributed by atoms with Gasteiger partial charge in [-0.05, 0) is 55.3 Å². The summed E-state index contributed by atoms with van der Waals surface area (Å²) >= 11 is 1.50. The van der Waals surface area contributed by atoms with E-state index in [0.29, 0.717) is 24.3 Å². The van der Waals surface area contributed by atoms with Crippen LogP contribution in [0.25, 0.3) is 23.4 Å². The number of hydrogen-bond acceptors (Lipinski definition) is 6. The Morgan fingerprint density at radius 2 is 2.09 bits per heavy atom. The van der Waals surface area contributed by atoms with E-state index in [-0.39, 0.29) is 11.8 Å². The van der Waals surface area contributed by atoms with Crippen LogP contribution in [0.1, 0.15) is 75.3 Å². The summed E-state index contributed by atoms with van der Waals surface area (Å²) in [5.74, 6) is 0.0386. The standard InChI is InChI=1S/C27H35N3O3S/c1-6-7-8-19-13-22(20-9-12-33-16-20)23(14-21(19)15-28-11-10-27(4,5)32)29-25(31)24-17-34-26(30-24)18(2)3/h8-9,12-18,28,32H,6-7,10-11H2,1-5H3,(H,29,31)/b19-8+,21-15-. The Morgan fingerprint density at radius 1 is 1.29 bits per heavy atom. The summed E-state index contributed by atoms with van der Waals surface area (Å²) in [6.45, 7) is 10.5. The van der Waals surface area contributed by atoms with Crippen LogP contribution >= 0.6 is 11.3 Å². The Kier molecular flexibility index (Phi) is 8.69. The van der Waals surface area contributed by atoms with E-state index in [9.17, 15) is 9.90 Å². The number of benzene rings is 1. The first-order valence-electron chi connectivity index (χ1n) is 11.8. The normalized spacial score (nSPS) is 13.0. The number of unbranched alkanes of at least 4 members (excludes halogenated alkanes) is 1. The molecule has 0 unspecified atom stereocenters. The van der Waals surface area contributed by atoms with Gasteiger partial charge in [-0.25, -0.2) is 4.98 Å². The summed E-state index contributed by atoms with van der Waals surface area (Å²) in [6.07, 6.45) is 10.1. The molecule has 1 amide bonds. The second-order valence-electron chi connectivity index (χ2n) is 9.37. The number of nitrogens with one attached hydrogen (secondary N) is 2. The summed E-state index contributed by atoms with van der Waals surface area (Å²) in [5, 5.41) is 21.2. The molecule has 0 saturated carbocycles. The minimum absolute atomic E-state index is 0.237. The van der Waals surface area contributed by atoms with Crippen molar-refractivity contribution in [2.45, 2.75) is 65.4 Å². The molecule has 2 aromatic heterocycles. The smallest absolute Gasteiger partial charge is 0.275 e. The Hall–Kier alpha value is -2.90. The van der Waals surface area contributed by atoms with Crippen molar-refractivity contribution in [3.8, 4) is 11.1 Å². The summed E-state index contributed by atoms with van der Waals surface area (Å²) < 4.78 is 5.33. The van der Waals surface area contributed by atoms with Gasteiger partial charge in [0.25, 0.3) is 5.91 Å². The topological polar surface area (TPSA) is 87.4 Å². The van der Waals surface area contributed by atoms with Crippen LogP contribution < -0.4 is 21.1 Å². The zero-order chi connectivity index (χ0) is 24.7. The largest absolute Gasteiger partial charge is 0.472 e. The first kappa shape index (κ1) is 25.7. The molecule has 0 spiro atoms. The van der Waals surface area contributed by atoms with Gasteiger partial charge in [0.1, 0.15) is 5.69 Å². The van der Waals surface area contributed by atoms with Crippen LogP contribution in [0.4, 0.5) is 5.69 Å². The van der Waals surface area contributed by atoms with E-state index >= 15 is 0 Å². The summed E-state index contributed by atoms with van der Waals surface area (Å²) in [5.41, 5.74) is 2.16. The van der Waals surface area contributed by atoms with Crippen molar-refractivity contribution in [2.24, 2.45) is 0 Å². The fourth-order valence-corrected chi connectivity index (χ4v) is 4.21. The molecule has 3 N–H and O–H groups in total. The third kappa shape index (κ3) is 7.05. The lowest BCUT2D eigenvalue weighted by atomic mass is 10.0. The van der Waals surface area contributed by atoms with Gasteiger partial charge in [-0.15, -0.1) is 11.3 Å². The van der Waals surface area contributed by atoms with Crippen molar-refractivity contribution < 1.29 is 14.3 Å². The van der Waals surface area contributed by atoms with Crippen molar-refractivity contribution >= 4 is 35.2 Å². The highest BCUT2D eigenvalue weighted by Gasteiger charge is 2.16. The highest BCUT2D eigenvalue weighted by atomic mass is 32.1. The van der Waals surface area contributed by atoms with Gasteiger partial charge in [-0.3, -0.25) is 4.79 Å². The minimum atomic E-state index is -0.731. The summed E-state index contributed by atoms with van der Waals surface area (Å²) in [7, 11) is 0. The van der Waals surface area contributed by atoms with Gasteiger partial charge in [-0.2, -0.15) is 0 Å². The van der Waals surface area contributed by atoms with Gasteiger partial charge in [-0.1, -0.05) is 33.3 Å². The third-order valence-electron chi connectivity index (χ3n) is 5.34. The zero-order valence-corrected chi connectivity index (χ0v) is 21.5. The average molecular weight is 482 g/mol.